The highest BCUT2D eigenvalue weighted by Crippen LogP contribution is 2.31. The summed E-state index contributed by atoms with van der Waals surface area (Å²) in [5, 5.41) is 9.69. The molecule has 7 nitrogen and oxygen atoms in total. The Hall–Kier alpha value is -3.78. The van der Waals surface area contributed by atoms with Gasteiger partial charge in [-0.05, 0) is 42.2 Å². The Morgan fingerprint density at radius 2 is 1.74 bits per heavy atom. The first-order chi connectivity index (χ1) is 16.2. The molecule has 2 aromatic heterocycles. The van der Waals surface area contributed by atoms with E-state index in [1.807, 2.05) is 18.2 Å². The van der Waals surface area contributed by atoms with Crippen molar-refractivity contribution in [1.82, 2.24) is 9.78 Å². The van der Waals surface area contributed by atoms with Crippen molar-refractivity contribution < 1.29 is 14.3 Å². The monoisotopic (exact) mass is 475 g/mol. The summed E-state index contributed by atoms with van der Waals surface area (Å²) in [5.74, 6) is -0.977. The van der Waals surface area contributed by atoms with Gasteiger partial charge in [0.25, 0.3) is 11.5 Å². The van der Waals surface area contributed by atoms with Crippen LogP contribution < -0.4 is 10.9 Å². The molecule has 0 aliphatic heterocycles. The van der Waals surface area contributed by atoms with Crippen molar-refractivity contribution in [3.63, 3.8) is 0 Å². The van der Waals surface area contributed by atoms with Gasteiger partial charge < -0.3 is 10.1 Å². The van der Waals surface area contributed by atoms with E-state index in [4.69, 9.17) is 4.74 Å². The highest BCUT2D eigenvalue weighted by molar-refractivity contribution is 7.16. The lowest BCUT2D eigenvalue weighted by Crippen LogP contribution is -2.25. The van der Waals surface area contributed by atoms with E-state index in [2.05, 4.69) is 31.2 Å². The average Bonchev–Trinajstić information content (AvgIpc) is 3.23. The van der Waals surface area contributed by atoms with Crippen molar-refractivity contribution >= 4 is 39.0 Å². The number of nitrogens with one attached hydrogen (secondary N) is 1. The van der Waals surface area contributed by atoms with Crippen molar-refractivity contribution in [1.29, 1.82) is 0 Å². The third-order valence-electron chi connectivity index (χ3n) is 5.36. The van der Waals surface area contributed by atoms with E-state index < -0.39 is 11.5 Å². The van der Waals surface area contributed by atoms with E-state index in [1.54, 1.807) is 48.7 Å². The number of thiophene rings is 1. The second-order valence-corrected chi connectivity index (χ2v) is 9.64. The summed E-state index contributed by atoms with van der Waals surface area (Å²) in [4.78, 5) is 39.0. The number of anilines is 1. The fourth-order valence-corrected chi connectivity index (χ4v) is 4.46. The first kappa shape index (κ1) is 23.4. The molecule has 0 saturated heterocycles. The Kier molecular flexibility index (Phi) is 6.34. The van der Waals surface area contributed by atoms with Gasteiger partial charge in [0.15, 0.2) is 5.69 Å². The maximum atomic E-state index is 13.4. The molecule has 4 aromatic rings. The summed E-state index contributed by atoms with van der Waals surface area (Å²) < 4.78 is 6.33. The van der Waals surface area contributed by atoms with Crippen molar-refractivity contribution in [2.24, 2.45) is 0 Å². The Balaban J connectivity index is 1.79. The van der Waals surface area contributed by atoms with Gasteiger partial charge in [-0.3, -0.25) is 9.59 Å². The Labute approximate surface area is 201 Å². The first-order valence-corrected chi connectivity index (χ1v) is 11.8. The van der Waals surface area contributed by atoms with Gasteiger partial charge >= 0.3 is 5.97 Å². The molecule has 2 heterocycles. The lowest BCUT2D eigenvalue weighted by molar-refractivity contribution is 0.0520. The molecule has 2 aromatic carbocycles. The molecular formula is C26H25N3O4S. The van der Waals surface area contributed by atoms with E-state index >= 15 is 0 Å². The van der Waals surface area contributed by atoms with Gasteiger partial charge in [-0.25, -0.2) is 4.79 Å². The van der Waals surface area contributed by atoms with Gasteiger partial charge in [0.2, 0.25) is 0 Å². The molecule has 0 spiro atoms. The SMILES string of the molecule is CCOC(=O)c1nn(-c2ccccc2)c(=O)c2c(NC(=O)c3ccc(C(C)(C)C)cc3)scc12. The Bertz CT molecular complexity index is 1410. The number of benzene rings is 2. The molecule has 0 aliphatic carbocycles. The number of fused-ring (bicyclic) bond motifs is 1. The zero-order chi connectivity index (χ0) is 24.5. The number of esters is 1. The van der Waals surface area contributed by atoms with Gasteiger partial charge in [-0.2, -0.15) is 9.78 Å². The predicted octanol–water partition coefficient (Wildman–Crippen LogP) is 5.17. The molecule has 34 heavy (non-hydrogen) atoms. The van der Waals surface area contributed by atoms with Crippen molar-refractivity contribution in [3.05, 3.63) is 87.2 Å². The molecule has 0 fully saturated rings. The molecule has 0 unspecified atom stereocenters. The zero-order valence-corrected chi connectivity index (χ0v) is 20.2. The molecular weight excluding hydrogens is 450 g/mol. The summed E-state index contributed by atoms with van der Waals surface area (Å²) in [6.45, 7) is 8.18. The largest absolute Gasteiger partial charge is 0.461 e. The van der Waals surface area contributed by atoms with Crippen LogP contribution >= 0.6 is 11.3 Å². The van der Waals surface area contributed by atoms with Crippen LogP contribution in [0.15, 0.2) is 64.8 Å². The minimum absolute atomic E-state index is 0.0200. The first-order valence-electron chi connectivity index (χ1n) is 10.9. The van der Waals surface area contributed by atoms with Crippen LogP contribution in [0.25, 0.3) is 16.5 Å². The van der Waals surface area contributed by atoms with E-state index in [1.165, 1.54) is 11.3 Å². The normalized spacial score (nSPS) is 11.4. The smallest absolute Gasteiger partial charge is 0.359 e. The molecule has 8 heteroatoms. The van der Waals surface area contributed by atoms with E-state index in [0.29, 0.717) is 21.6 Å². The van der Waals surface area contributed by atoms with Crippen LogP contribution in [0.1, 0.15) is 54.1 Å². The number of hydrogen-bond acceptors (Lipinski definition) is 6. The summed E-state index contributed by atoms with van der Waals surface area (Å²) in [7, 11) is 0. The van der Waals surface area contributed by atoms with Crippen LogP contribution in [-0.4, -0.2) is 28.3 Å². The molecule has 4 rings (SSSR count). The summed E-state index contributed by atoms with van der Waals surface area (Å²) >= 11 is 1.17. The van der Waals surface area contributed by atoms with Crippen LogP contribution in [0.4, 0.5) is 5.00 Å². The number of ether oxygens (including phenoxy) is 1. The minimum Gasteiger partial charge on any atom is -0.461 e. The number of amides is 1. The number of carbonyl (C=O) groups excluding carboxylic acids is 2. The second-order valence-electron chi connectivity index (χ2n) is 8.76. The molecule has 0 bridgehead atoms. The number of nitrogens with zero attached hydrogens (tertiary/aromatic N) is 2. The maximum absolute atomic E-state index is 13.4. The average molecular weight is 476 g/mol. The van der Waals surface area contributed by atoms with Crippen LogP contribution in [0.3, 0.4) is 0 Å². The quantitative estimate of drug-likeness (QED) is 0.402. The number of para-hydroxylation sites is 1. The molecule has 0 aliphatic rings. The highest BCUT2D eigenvalue weighted by Gasteiger charge is 2.23. The van der Waals surface area contributed by atoms with E-state index in [-0.39, 0.29) is 29.0 Å². The molecule has 174 valence electrons. The summed E-state index contributed by atoms with van der Waals surface area (Å²) in [6, 6.07) is 16.2. The number of rotatable bonds is 5. The number of aromatic nitrogens is 2. The van der Waals surface area contributed by atoms with Crippen LogP contribution in [-0.2, 0) is 10.2 Å². The third kappa shape index (κ3) is 4.49. The Morgan fingerprint density at radius 3 is 2.35 bits per heavy atom. The molecule has 0 radical (unpaired) electrons. The summed E-state index contributed by atoms with van der Waals surface area (Å²) in [5.41, 5.74) is 1.64. The van der Waals surface area contributed by atoms with Crippen molar-refractivity contribution in [3.8, 4) is 5.69 Å². The van der Waals surface area contributed by atoms with Gasteiger partial charge in [-0.15, -0.1) is 11.3 Å². The topological polar surface area (TPSA) is 90.3 Å². The van der Waals surface area contributed by atoms with E-state index in [0.717, 1.165) is 10.2 Å². The molecule has 0 atom stereocenters. The lowest BCUT2D eigenvalue weighted by Gasteiger charge is -2.19. The van der Waals surface area contributed by atoms with Crippen LogP contribution in [0.5, 0.6) is 0 Å². The number of carbonyl (C=O) groups is 2. The fraction of sp³-hybridized carbons (Fsp3) is 0.231. The zero-order valence-electron chi connectivity index (χ0n) is 19.4. The number of hydrogen-bond donors (Lipinski definition) is 1. The van der Waals surface area contributed by atoms with Gasteiger partial charge in [0, 0.05) is 16.3 Å². The van der Waals surface area contributed by atoms with Gasteiger partial charge in [0.05, 0.1) is 17.7 Å². The molecule has 1 amide bonds. The van der Waals surface area contributed by atoms with E-state index in [9.17, 15) is 14.4 Å². The minimum atomic E-state index is -0.634. The predicted molar refractivity (Wildman–Crippen MR) is 134 cm³/mol. The van der Waals surface area contributed by atoms with Crippen LogP contribution in [0, 0.1) is 0 Å². The lowest BCUT2D eigenvalue weighted by atomic mass is 9.87. The highest BCUT2D eigenvalue weighted by atomic mass is 32.1. The maximum Gasteiger partial charge on any atom is 0.359 e. The fourth-order valence-electron chi connectivity index (χ4n) is 3.53. The van der Waals surface area contributed by atoms with Crippen molar-refractivity contribution in [2.75, 3.05) is 11.9 Å². The second kappa shape index (κ2) is 9.23. The standard InChI is InChI=1S/C26H25N3O4S/c1-5-33-25(32)21-19-15-34-23(20(19)24(31)29(28-21)18-9-7-6-8-10-18)27-22(30)16-11-13-17(14-12-16)26(2,3)4/h6-15H,5H2,1-4H3,(H,27,30). The van der Waals surface area contributed by atoms with Gasteiger partial charge in [-0.1, -0.05) is 51.1 Å². The third-order valence-corrected chi connectivity index (χ3v) is 6.26. The molecule has 1 N–H and O–H groups in total. The van der Waals surface area contributed by atoms with Crippen molar-refractivity contribution in [2.45, 2.75) is 33.1 Å². The Morgan fingerprint density at radius 1 is 1.06 bits per heavy atom. The molecule has 0 saturated carbocycles. The van der Waals surface area contributed by atoms with Gasteiger partial charge in [0.1, 0.15) is 5.00 Å². The van der Waals surface area contributed by atoms with Crippen LogP contribution in [0.2, 0.25) is 0 Å². The summed E-state index contributed by atoms with van der Waals surface area (Å²) in [6.07, 6.45) is 0.